The molecule has 140 valence electrons. The van der Waals surface area contributed by atoms with Gasteiger partial charge in [0.05, 0.1) is 17.9 Å². The molecule has 1 aliphatic heterocycles. The predicted molar refractivity (Wildman–Crippen MR) is 104 cm³/mol. The van der Waals surface area contributed by atoms with Gasteiger partial charge in [0.25, 0.3) is 5.91 Å². The highest BCUT2D eigenvalue weighted by Gasteiger charge is 2.44. The van der Waals surface area contributed by atoms with Crippen LogP contribution in [0.3, 0.4) is 0 Å². The third-order valence-corrected chi connectivity index (χ3v) is 5.03. The lowest BCUT2D eigenvalue weighted by Gasteiger charge is -2.26. The van der Waals surface area contributed by atoms with E-state index in [1.54, 1.807) is 24.5 Å². The van der Waals surface area contributed by atoms with Crippen molar-refractivity contribution >= 4 is 27.6 Å². The number of furan rings is 1. The Kier molecular flexibility index (Phi) is 4.83. The minimum atomic E-state index is -0.747. The number of benzene rings is 1. The largest absolute Gasteiger partial charge is 0.503 e. The van der Waals surface area contributed by atoms with Crippen molar-refractivity contribution in [2.45, 2.75) is 12.6 Å². The summed E-state index contributed by atoms with van der Waals surface area (Å²) in [7, 11) is 0. The second-order valence-corrected chi connectivity index (χ2v) is 7.24. The number of ketones is 1. The Labute approximate surface area is 169 Å². The van der Waals surface area contributed by atoms with Gasteiger partial charge in [0, 0.05) is 23.4 Å². The summed E-state index contributed by atoms with van der Waals surface area (Å²) in [6.07, 6.45) is 4.67. The number of aliphatic hydroxyl groups excluding tert-OH is 1. The van der Waals surface area contributed by atoms with E-state index in [4.69, 9.17) is 4.42 Å². The van der Waals surface area contributed by atoms with Gasteiger partial charge in [0.1, 0.15) is 0 Å². The first-order valence-corrected chi connectivity index (χ1v) is 9.32. The molecule has 28 heavy (non-hydrogen) atoms. The molecule has 0 fully saturated rings. The van der Waals surface area contributed by atoms with Gasteiger partial charge in [0.15, 0.2) is 11.5 Å². The molecule has 0 spiro atoms. The molecule has 0 radical (unpaired) electrons. The van der Waals surface area contributed by atoms with Gasteiger partial charge in [-0.3, -0.25) is 14.6 Å². The van der Waals surface area contributed by atoms with Crippen molar-refractivity contribution in [1.82, 2.24) is 9.88 Å². The Morgan fingerprint density at radius 1 is 1.21 bits per heavy atom. The third-order valence-electron chi connectivity index (χ3n) is 4.53. The Balaban J connectivity index is 1.81. The van der Waals surface area contributed by atoms with Crippen molar-refractivity contribution in [2.75, 3.05) is 0 Å². The molecule has 1 amide bonds. The molecular weight excluding hydrogens is 424 g/mol. The van der Waals surface area contributed by atoms with Gasteiger partial charge in [-0.1, -0.05) is 34.1 Å². The number of carbonyl (C=O) groups is 2. The summed E-state index contributed by atoms with van der Waals surface area (Å²) in [6.45, 7) is 0.197. The van der Waals surface area contributed by atoms with Crippen molar-refractivity contribution in [3.63, 3.8) is 0 Å². The third kappa shape index (κ3) is 3.25. The second kappa shape index (κ2) is 7.44. The number of halogens is 1. The molecule has 1 atom stereocenters. The summed E-state index contributed by atoms with van der Waals surface area (Å²) in [6, 6.07) is 13.3. The highest BCUT2D eigenvalue weighted by molar-refractivity contribution is 9.10. The van der Waals surface area contributed by atoms with Gasteiger partial charge in [-0.05, 0) is 41.5 Å². The molecule has 4 rings (SSSR count). The van der Waals surface area contributed by atoms with E-state index in [1.807, 2.05) is 30.3 Å². The maximum atomic E-state index is 13.0. The highest BCUT2D eigenvalue weighted by atomic mass is 79.9. The molecule has 6 nitrogen and oxygen atoms in total. The average molecular weight is 439 g/mol. The normalized spacial score (nSPS) is 16.7. The maximum absolute atomic E-state index is 13.0. The molecule has 0 aliphatic carbocycles. The van der Waals surface area contributed by atoms with Gasteiger partial charge in [-0.15, -0.1) is 0 Å². The van der Waals surface area contributed by atoms with Crippen LogP contribution in [0.1, 0.15) is 27.7 Å². The zero-order valence-electron chi connectivity index (χ0n) is 14.6. The van der Waals surface area contributed by atoms with Crippen molar-refractivity contribution in [2.24, 2.45) is 0 Å². The van der Waals surface area contributed by atoms with E-state index in [9.17, 15) is 14.7 Å². The first-order valence-electron chi connectivity index (χ1n) is 8.53. The summed E-state index contributed by atoms with van der Waals surface area (Å²) in [5.41, 5.74) is 1.49. The first kappa shape index (κ1) is 18.2. The molecule has 3 aromatic rings. The fraction of sp³-hybridized carbons (Fsp3) is 0.0952. The fourth-order valence-corrected chi connectivity index (χ4v) is 3.72. The number of hydrogen-bond donors (Lipinski definition) is 1. The number of pyridine rings is 1. The molecular formula is C21H15BrN2O4. The van der Waals surface area contributed by atoms with E-state index in [1.165, 1.54) is 17.2 Å². The van der Waals surface area contributed by atoms with Crippen LogP contribution in [-0.4, -0.2) is 26.7 Å². The SMILES string of the molecule is O=C(C1=C(O)C(=O)N(Cc2cccnc2)[C@H]1c1cccc(Br)c1)c1ccco1. The van der Waals surface area contributed by atoms with Gasteiger partial charge >= 0.3 is 0 Å². The quantitative estimate of drug-likeness (QED) is 0.602. The van der Waals surface area contributed by atoms with Crippen LogP contribution in [0.4, 0.5) is 0 Å². The van der Waals surface area contributed by atoms with Crippen LogP contribution in [0.15, 0.2) is 87.4 Å². The number of aromatic nitrogens is 1. The smallest absolute Gasteiger partial charge is 0.290 e. The van der Waals surface area contributed by atoms with Gasteiger partial charge < -0.3 is 14.4 Å². The zero-order chi connectivity index (χ0) is 19.7. The zero-order valence-corrected chi connectivity index (χ0v) is 16.2. The van der Waals surface area contributed by atoms with E-state index >= 15 is 0 Å². The topological polar surface area (TPSA) is 83.6 Å². The lowest BCUT2D eigenvalue weighted by Crippen LogP contribution is -2.30. The van der Waals surface area contributed by atoms with E-state index in [-0.39, 0.29) is 17.9 Å². The summed E-state index contributed by atoms with van der Waals surface area (Å²) >= 11 is 3.43. The van der Waals surface area contributed by atoms with Crippen LogP contribution in [0.5, 0.6) is 0 Å². The molecule has 0 unspecified atom stereocenters. The van der Waals surface area contributed by atoms with Crippen LogP contribution in [0.2, 0.25) is 0 Å². The second-order valence-electron chi connectivity index (χ2n) is 6.32. The highest BCUT2D eigenvalue weighted by Crippen LogP contribution is 2.40. The standard InChI is InChI=1S/C21H15BrN2O4/c22-15-6-1-5-14(10-15)18-17(19(25)16-7-3-9-28-16)20(26)21(27)24(18)12-13-4-2-8-23-11-13/h1-11,18,26H,12H2/t18-/m0/s1. The number of rotatable bonds is 5. The van der Waals surface area contributed by atoms with Gasteiger partial charge in [-0.2, -0.15) is 0 Å². The summed E-state index contributed by atoms with van der Waals surface area (Å²) < 4.78 is 6.01. The predicted octanol–water partition coefficient (Wildman–Crippen LogP) is 4.22. The van der Waals surface area contributed by atoms with Crippen molar-refractivity contribution in [1.29, 1.82) is 0 Å². The van der Waals surface area contributed by atoms with Crippen LogP contribution in [-0.2, 0) is 11.3 Å². The van der Waals surface area contributed by atoms with E-state index in [2.05, 4.69) is 20.9 Å². The first-order chi connectivity index (χ1) is 13.6. The summed E-state index contributed by atoms with van der Waals surface area (Å²) in [4.78, 5) is 31.4. The Hall–Kier alpha value is -3.19. The van der Waals surface area contributed by atoms with E-state index < -0.39 is 23.5 Å². The van der Waals surface area contributed by atoms with E-state index in [0.29, 0.717) is 5.56 Å². The lowest BCUT2D eigenvalue weighted by atomic mass is 9.95. The molecule has 0 saturated carbocycles. The summed E-state index contributed by atoms with van der Waals surface area (Å²) in [5.74, 6) is -1.62. The van der Waals surface area contributed by atoms with Crippen molar-refractivity contribution in [3.8, 4) is 0 Å². The molecule has 2 aromatic heterocycles. The molecule has 1 N–H and O–H groups in total. The molecule has 0 bridgehead atoms. The van der Waals surface area contributed by atoms with Crippen LogP contribution in [0, 0.1) is 0 Å². The Morgan fingerprint density at radius 3 is 2.75 bits per heavy atom. The van der Waals surface area contributed by atoms with Crippen LogP contribution in [0.25, 0.3) is 0 Å². The molecule has 1 aliphatic rings. The van der Waals surface area contributed by atoms with Crippen LogP contribution < -0.4 is 0 Å². The number of hydrogen-bond acceptors (Lipinski definition) is 5. The lowest BCUT2D eigenvalue weighted by molar-refractivity contribution is -0.130. The Bertz CT molecular complexity index is 1060. The maximum Gasteiger partial charge on any atom is 0.290 e. The number of carbonyl (C=O) groups excluding carboxylic acids is 2. The van der Waals surface area contributed by atoms with Gasteiger partial charge in [0.2, 0.25) is 5.78 Å². The summed E-state index contributed by atoms with van der Waals surface area (Å²) in [5, 5.41) is 10.6. The monoisotopic (exact) mass is 438 g/mol. The Morgan fingerprint density at radius 2 is 2.07 bits per heavy atom. The number of aliphatic hydroxyl groups is 1. The minimum absolute atomic E-state index is 0.00180. The minimum Gasteiger partial charge on any atom is -0.503 e. The number of Topliss-reactive ketones (excluding diaryl/α,β-unsaturated/α-hetero) is 1. The number of amides is 1. The van der Waals surface area contributed by atoms with Crippen molar-refractivity contribution in [3.05, 3.63) is 99.9 Å². The van der Waals surface area contributed by atoms with E-state index in [0.717, 1.165) is 10.0 Å². The van der Waals surface area contributed by atoms with Crippen molar-refractivity contribution < 1.29 is 19.1 Å². The molecule has 1 aromatic carbocycles. The average Bonchev–Trinajstić information content (AvgIpc) is 3.32. The van der Waals surface area contributed by atoms with Gasteiger partial charge in [-0.25, -0.2) is 0 Å². The molecule has 0 saturated heterocycles. The van der Waals surface area contributed by atoms with Crippen LogP contribution >= 0.6 is 15.9 Å². The molecule has 3 heterocycles. The number of nitrogens with zero attached hydrogens (tertiary/aromatic N) is 2. The molecule has 7 heteroatoms. The fourth-order valence-electron chi connectivity index (χ4n) is 3.30.